The van der Waals surface area contributed by atoms with Crippen LogP contribution < -0.4 is 0 Å². The van der Waals surface area contributed by atoms with Crippen LogP contribution in [0.15, 0.2) is 30.3 Å². The summed E-state index contributed by atoms with van der Waals surface area (Å²) in [5.41, 5.74) is -0.579. The maximum Gasteiger partial charge on any atom is 0.432 e. The molecule has 6 nitrogen and oxygen atoms in total. The highest BCUT2D eigenvalue weighted by atomic mass is 127. The van der Waals surface area contributed by atoms with E-state index in [0.717, 1.165) is 37.8 Å². The molecule has 158 valence electrons. The van der Waals surface area contributed by atoms with Gasteiger partial charge >= 0.3 is 6.18 Å². The first-order valence-electron chi connectivity index (χ1n) is 9.02. The van der Waals surface area contributed by atoms with E-state index in [0.29, 0.717) is 18.1 Å². The van der Waals surface area contributed by atoms with Crippen LogP contribution in [0, 0.1) is 0 Å². The van der Waals surface area contributed by atoms with Crippen LogP contribution >= 0.6 is 34.5 Å². The van der Waals surface area contributed by atoms with Crippen molar-refractivity contribution < 1.29 is 18.0 Å². The molecule has 1 N–H and O–H groups in total. The van der Waals surface area contributed by atoms with E-state index in [1.165, 1.54) is 4.90 Å². The molecule has 3 rings (SSSR count). The first-order valence-corrected chi connectivity index (χ1v) is 10.4. The molecule has 0 bridgehead atoms. The molecule has 0 spiro atoms. The SMILES string of the molecule is O=C(c1cc(C(F)(F)F)[nH]n1)N(CCN1CCN(I)CC1)Cc1ccccc1Cl. The van der Waals surface area contributed by atoms with Gasteiger partial charge in [0.05, 0.1) is 0 Å². The van der Waals surface area contributed by atoms with Crippen molar-refractivity contribution >= 4 is 40.4 Å². The van der Waals surface area contributed by atoms with E-state index < -0.39 is 17.8 Å². The Kier molecular flexibility index (Phi) is 7.41. The summed E-state index contributed by atoms with van der Waals surface area (Å²) in [5.74, 6) is -0.566. The summed E-state index contributed by atoms with van der Waals surface area (Å²) >= 11 is 8.50. The predicted molar refractivity (Wildman–Crippen MR) is 112 cm³/mol. The van der Waals surface area contributed by atoms with Crippen molar-refractivity contribution in [1.29, 1.82) is 0 Å². The van der Waals surface area contributed by atoms with Gasteiger partial charge in [-0.05, 0) is 11.6 Å². The van der Waals surface area contributed by atoms with E-state index in [4.69, 9.17) is 11.6 Å². The average Bonchev–Trinajstić information content (AvgIpc) is 3.18. The third-order valence-electron chi connectivity index (χ3n) is 4.71. The standard InChI is InChI=1S/C18H20ClF3IN5O/c19-14-4-2-1-3-13(14)12-27(8-5-26-6-9-28(23)10-7-26)17(29)15-11-16(25-24-15)18(20,21)22/h1-4,11H,5-10,12H2,(H,24,25). The second-order valence-corrected chi connectivity index (χ2v) is 8.51. The van der Waals surface area contributed by atoms with Crippen LogP contribution in [-0.2, 0) is 12.7 Å². The minimum absolute atomic E-state index is 0.193. The molecular formula is C18H20ClF3IN5O. The van der Waals surface area contributed by atoms with Gasteiger partial charge in [-0.2, -0.15) is 18.3 Å². The lowest BCUT2D eigenvalue weighted by molar-refractivity contribution is -0.141. The number of piperazine rings is 1. The fourth-order valence-corrected chi connectivity index (χ4v) is 3.66. The van der Waals surface area contributed by atoms with E-state index in [-0.39, 0.29) is 12.2 Å². The Morgan fingerprint density at radius 1 is 1.24 bits per heavy atom. The van der Waals surface area contributed by atoms with E-state index in [1.54, 1.807) is 24.3 Å². The number of aromatic nitrogens is 2. The molecule has 1 aliphatic heterocycles. The van der Waals surface area contributed by atoms with E-state index in [1.807, 2.05) is 5.10 Å². The van der Waals surface area contributed by atoms with Crippen molar-refractivity contribution in [3.05, 3.63) is 52.3 Å². The zero-order valence-corrected chi connectivity index (χ0v) is 18.3. The van der Waals surface area contributed by atoms with Gasteiger partial charge < -0.3 is 4.90 Å². The summed E-state index contributed by atoms with van der Waals surface area (Å²) in [4.78, 5) is 16.7. The Bertz CT molecular complexity index is 839. The number of carbonyl (C=O) groups is 1. The number of aromatic amines is 1. The van der Waals surface area contributed by atoms with Gasteiger partial charge in [-0.3, -0.25) is 14.8 Å². The Morgan fingerprint density at radius 2 is 1.93 bits per heavy atom. The van der Waals surface area contributed by atoms with Crippen molar-refractivity contribution in [3.63, 3.8) is 0 Å². The van der Waals surface area contributed by atoms with E-state index >= 15 is 0 Å². The molecule has 2 heterocycles. The van der Waals surface area contributed by atoms with Crippen LogP contribution in [0.4, 0.5) is 13.2 Å². The monoisotopic (exact) mass is 541 g/mol. The lowest BCUT2D eigenvalue weighted by Gasteiger charge is -2.33. The molecule has 29 heavy (non-hydrogen) atoms. The quantitative estimate of drug-likeness (QED) is 0.448. The van der Waals surface area contributed by atoms with Crippen LogP contribution in [-0.4, -0.2) is 68.3 Å². The normalized spacial score (nSPS) is 16.2. The summed E-state index contributed by atoms with van der Waals surface area (Å²) in [5, 5.41) is 5.99. The molecule has 0 aliphatic carbocycles. The van der Waals surface area contributed by atoms with Crippen LogP contribution in [0.5, 0.6) is 0 Å². The second kappa shape index (κ2) is 9.63. The highest BCUT2D eigenvalue weighted by Crippen LogP contribution is 2.28. The van der Waals surface area contributed by atoms with Crippen LogP contribution in [0.3, 0.4) is 0 Å². The summed E-state index contributed by atoms with van der Waals surface area (Å²) in [6, 6.07) is 7.85. The smallest absolute Gasteiger partial charge is 0.332 e. The molecule has 0 saturated carbocycles. The summed E-state index contributed by atoms with van der Waals surface area (Å²) in [6.07, 6.45) is -4.59. The molecule has 1 aromatic heterocycles. The van der Waals surface area contributed by atoms with Gasteiger partial charge in [0.15, 0.2) is 5.69 Å². The van der Waals surface area contributed by atoms with E-state index in [9.17, 15) is 18.0 Å². The van der Waals surface area contributed by atoms with Gasteiger partial charge in [-0.25, -0.2) is 3.11 Å². The number of nitrogens with one attached hydrogen (secondary N) is 1. The molecule has 2 aromatic rings. The van der Waals surface area contributed by atoms with Crippen molar-refractivity contribution in [2.75, 3.05) is 39.3 Å². The maximum absolute atomic E-state index is 12.9. The van der Waals surface area contributed by atoms with E-state index in [2.05, 4.69) is 36.0 Å². The third-order valence-corrected chi connectivity index (χ3v) is 6.05. The van der Waals surface area contributed by atoms with Crippen molar-refractivity contribution in [1.82, 2.24) is 23.1 Å². The van der Waals surface area contributed by atoms with Crippen molar-refractivity contribution in [2.45, 2.75) is 12.7 Å². The fourth-order valence-electron chi connectivity index (χ4n) is 3.03. The number of rotatable bonds is 6. The molecular weight excluding hydrogens is 522 g/mol. The Hall–Kier alpha value is -1.37. The molecule has 1 fully saturated rings. The Labute approximate surface area is 185 Å². The highest BCUT2D eigenvalue weighted by Gasteiger charge is 2.34. The number of benzene rings is 1. The molecule has 0 atom stereocenters. The molecule has 0 unspecified atom stereocenters. The fraction of sp³-hybridized carbons (Fsp3) is 0.444. The molecule has 1 saturated heterocycles. The number of hydrogen-bond donors (Lipinski definition) is 1. The molecule has 1 amide bonds. The van der Waals surface area contributed by atoms with Gasteiger partial charge in [-0.15, -0.1) is 0 Å². The second-order valence-electron chi connectivity index (χ2n) is 6.73. The zero-order chi connectivity index (χ0) is 21.0. The van der Waals surface area contributed by atoms with Gasteiger partial charge in [-0.1, -0.05) is 29.8 Å². The summed E-state index contributed by atoms with van der Waals surface area (Å²) < 4.78 is 40.8. The maximum atomic E-state index is 12.9. The number of alkyl halides is 3. The first kappa shape index (κ1) is 22.3. The third kappa shape index (κ3) is 6.06. The highest BCUT2D eigenvalue weighted by molar-refractivity contribution is 14.1. The molecule has 0 radical (unpaired) electrons. The van der Waals surface area contributed by atoms with Gasteiger partial charge in [0.1, 0.15) is 5.69 Å². The van der Waals surface area contributed by atoms with Gasteiger partial charge in [0.25, 0.3) is 5.91 Å². The van der Waals surface area contributed by atoms with Gasteiger partial charge in [0.2, 0.25) is 0 Å². The minimum atomic E-state index is -4.59. The Morgan fingerprint density at radius 3 is 2.55 bits per heavy atom. The van der Waals surface area contributed by atoms with Crippen molar-refractivity contribution in [2.24, 2.45) is 0 Å². The number of H-pyrrole nitrogens is 1. The van der Waals surface area contributed by atoms with Crippen LogP contribution in [0.2, 0.25) is 5.02 Å². The lowest BCUT2D eigenvalue weighted by atomic mass is 10.2. The average molecular weight is 542 g/mol. The largest absolute Gasteiger partial charge is 0.432 e. The number of nitrogens with zero attached hydrogens (tertiary/aromatic N) is 4. The number of carbonyl (C=O) groups excluding carboxylic acids is 1. The minimum Gasteiger partial charge on any atom is -0.332 e. The van der Waals surface area contributed by atoms with Gasteiger partial charge in [0, 0.05) is 79.8 Å². The number of hydrogen-bond acceptors (Lipinski definition) is 4. The molecule has 1 aromatic carbocycles. The molecule has 1 aliphatic rings. The Balaban J connectivity index is 1.75. The zero-order valence-electron chi connectivity index (χ0n) is 15.4. The number of amides is 1. The van der Waals surface area contributed by atoms with Crippen molar-refractivity contribution in [3.8, 4) is 0 Å². The topological polar surface area (TPSA) is 55.5 Å². The summed E-state index contributed by atoms with van der Waals surface area (Å²) in [6.45, 7) is 4.77. The first-order chi connectivity index (χ1) is 13.7. The summed E-state index contributed by atoms with van der Waals surface area (Å²) in [7, 11) is 0. The van der Waals surface area contributed by atoms with Crippen LogP contribution in [0.25, 0.3) is 0 Å². The lowest BCUT2D eigenvalue weighted by Crippen LogP contribution is -2.46. The number of halogens is 5. The van der Waals surface area contributed by atoms with Crippen LogP contribution in [0.1, 0.15) is 21.7 Å². The molecule has 11 heteroatoms. The predicted octanol–water partition coefficient (Wildman–Crippen LogP) is 3.69.